The normalized spacial score (nSPS) is 22.3. The molecule has 5 nitrogen and oxygen atoms in total. The van der Waals surface area contributed by atoms with Crippen LogP contribution in [0.1, 0.15) is 43.6 Å². The van der Waals surface area contributed by atoms with Crippen molar-refractivity contribution in [2.75, 3.05) is 46.4 Å². The van der Waals surface area contributed by atoms with Crippen LogP contribution in [0.25, 0.3) is 10.9 Å². The van der Waals surface area contributed by atoms with Crippen LogP contribution in [0.4, 0.5) is 0 Å². The Balaban J connectivity index is 1.04. The number of nitrogens with zero attached hydrogens (tertiary/aromatic N) is 2. The van der Waals surface area contributed by atoms with Gasteiger partial charge in [-0.2, -0.15) is 0 Å². The van der Waals surface area contributed by atoms with E-state index in [1.54, 1.807) is 11.9 Å². The second kappa shape index (κ2) is 11.6. The number of aromatic nitrogens is 1. The van der Waals surface area contributed by atoms with Crippen LogP contribution < -0.4 is 9.46 Å². The van der Waals surface area contributed by atoms with Crippen LogP contribution in [0.2, 0.25) is 0 Å². The number of fused-ring (bicyclic) bond motifs is 1. The molecule has 1 saturated heterocycles. The molecule has 5 rings (SSSR count). The lowest BCUT2D eigenvalue weighted by atomic mass is 9.81. The second-order valence-corrected chi connectivity index (χ2v) is 10.8. The SMILES string of the molecule is CN1CCN(CCCOc2ccc(SNC3CCCC(c4c[nH]c5ccccc45)C3)cc2)CC1. The summed E-state index contributed by atoms with van der Waals surface area (Å²) in [6, 6.07) is 17.8. The Labute approximate surface area is 208 Å². The van der Waals surface area contributed by atoms with Crippen LogP contribution in [-0.4, -0.2) is 67.2 Å². The highest BCUT2D eigenvalue weighted by Gasteiger charge is 2.25. The van der Waals surface area contributed by atoms with Gasteiger partial charge < -0.3 is 19.5 Å². The maximum atomic E-state index is 5.99. The van der Waals surface area contributed by atoms with Crippen molar-refractivity contribution in [3.05, 3.63) is 60.3 Å². The summed E-state index contributed by atoms with van der Waals surface area (Å²) in [6.07, 6.45) is 8.33. The monoisotopic (exact) mass is 478 g/mol. The van der Waals surface area contributed by atoms with Gasteiger partial charge in [0, 0.05) is 60.8 Å². The zero-order valence-electron chi connectivity index (χ0n) is 20.3. The Bertz CT molecular complexity index is 1030. The van der Waals surface area contributed by atoms with Crippen LogP contribution in [0.5, 0.6) is 5.75 Å². The van der Waals surface area contributed by atoms with Gasteiger partial charge in [0.2, 0.25) is 0 Å². The molecule has 2 fully saturated rings. The summed E-state index contributed by atoms with van der Waals surface area (Å²) >= 11 is 1.76. The molecule has 2 N–H and O–H groups in total. The Morgan fingerprint density at radius 2 is 1.85 bits per heavy atom. The smallest absolute Gasteiger partial charge is 0.119 e. The van der Waals surface area contributed by atoms with Crippen molar-refractivity contribution in [2.45, 2.75) is 49.0 Å². The molecular formula is C28H38N4OS. The van der Waals surface area contributed by atoms with E-state index < -0.39 is 0 Å². The second-order valence-electron chi connectivity index (χ2n) is 9.89. The van der Waals surface area contributed by atoms with E-state index in [0.717, 1.165) is 25.3 Å². The summed E-state index contributed by atoms with van der Waals surface area (Å²) in [5, 5.41) is 1.39. The summed E-state index contributed by atoms with van der Waals surface area (Å²) in [4.78, 5) is 9.65. The van der Waals surface area contributed by atoms with E-state index in [1.165, 1.54) is 73.2 Å². The van der Waals surface area contributed by atoms with E-state index in [-0.39, 0.29) is 0 Å². The van der Waals surface area contributed by atoms with Crippen molar-refractivity contribution >= 4 is 22.9 Å². The predicted octanol–water partition coefficient (Wildman–Crippen LogP) is 5.51. The number of H-pyrrole nitrogens is 1. The van der Waals surface area contributed by atoms with Gasteiger partial charge in [0.15, 0.2) is 0 Å². The molecule has 1 aromatic heterocycles. The molecule has 0 amide bonds. The molecule has 6 heteroatoms. The van der Waals surface area contributed by atoms with E-state index in [0.29, 0.717) is 12.0 Å². The van der Waals surface area contributed by atoms with E-state index in [2.05, 4.69) is 81.3 Å². The maximum Gasteiger partial charge on any atom is 0.119 e. The van der Waals surface area contributed by atoms with Gasteiger partial charge >= 0.3 is 0 Å². The third-order valence-corrected chi connectivity index (χ3v) is 8.34. The Kier molecular flexibility index (Phi) is 8.12. The average molecular weight is 479 g/mol. The number of hydrogen-bond donors (Lipinski definition) is 2. The topological polar surface area (TPSA) is 43.5 Å². The molecule has 1 saturated carbocycles. The van der Waals surface area contributed by atoms with Gasteiger partial charge in [-0.25, -0.2) is 0 Å². The highest BCUT2D eigenvalue weighted by Crippen LogP contribution is 2.37. The van der Waals surface area contributed by atoms with Gasteiger partial charge in [-0.3, -0.25) is 4.72 Å². The van der Waals surface area contributed by atoms with E-state index in [9.17, 15) is 0 Å². The Morgan fingerprint density at radius 1 is 1.03 bits per heavy atom. The number of hydrogen-bond acceptors (Lipinski definition) is 5. The summed E-state index contributed by atoms with van der Waals surface area (Å²) < 4.78 is 9.73. The largest absolute Gasteiger partial charge is 0.494 e. The first kappa shape index (κ1) is 23.7. The third kappa shape index (κ3) is 6.16. The molecule has 0 bridgehead atoms. The van der Waals surface area contributed by atoms with E-state index in [1.807, 2.05) is 0 Å². The molecular weight excluding hydrogens is 440 g/mol. The summed E-state index contributed by atoms with van der Waals surface area (Å²) in [7, 11) is 2.20. The Hall–Kier alpha value is -1.99. The molecule has 34 heavy (non-hydrogen) atoms. The highest BCUT2D eigenvalue weighted by atomic mass is 32.2. The van der Waals surface area contributed by atoms with Crippen molar-refractivity contribution in [3.63, 3.8) is 0 Å². The molecule has 3 aromatic rings. The lowest BCUT2D eigenvalue weighted by molar-refractivity contribution is 0.145. The standard InChI is InChI=1S/C28H38N4OS/c1-31-15-17-32(18-16-31)14-5-19-33-24-10-12-25(13-11-24)34-30-23-7-4-6-22(20-23)27-21-29-28-9-3-2-8-26(27)28/h2-3,8-13,21-23,29-30H,4-7,14-20H2,1H3. The number of benzene rings is 2. The number of rotatable bonds is 9. The minimum absolute atomic E-state index is 0.544. The molecule has 2 aromatic carbocycles. The third-order valence-electron chi connectivity index (χ3n) is 7.39. The zero-order chi connectivity index (χ0) is 23.2. The lowest BCUT2D eigenvalue weighted by Gasteiger charge is -2.32. The average Bonchev–Trinajstić information content (AvgIpc) is 3.32. The van der Waals surface area contributed by atoms with Crippen LogP contribution in [0.15, 0.2) is 59.6 Å². The number of likely N-dealkylation sites (N-methyl/N-ethyl adjacent to an activating group) is 1. The lowest BCUT2D eigenvalue weighted by Crippen LogP contribution is -2.44. The molecule has 182 valence electrons. The first-order valence-electron chi connectivity index (χ1n) is 12.9. The zero-order valence-corrected chi connectivity index (χ0v) is 21.2. The number of piperazine rings is 1. The number of nitrogens with one attached hydrogen (secondary N) is 2. The molecule has 1 aliphatic carbocycles. The minimum Gasteiger partial charge on any atom is -0.494 e. The molecule has 1 aliphatic heterocycles. The molecule has 2 atom stereocenters. The molecule has 0 radical (unpaired) electrons. The van der Waals surface area contributed by atoms with Crippen molar-refractivity contribution in [1.29, 1.82) is 0 Å². The van der Waals surface area contributed by atoms with Gasteiger partial charge in [-0.15, -0.1) is 0 Å². The predicted molar refractivity (Wildman–Crippen MR) is 143 cm³/mol. The number of aromatic amines is 1. The van der Waals surface area contributed by atoms with Gasteiger partial charge in [0.05, 0.1) is 6.61 Å². The van der Waals surface area contributed by atoms with Crippen molar-refractivity contribution < 1.29 is 4.74 Å². The number of para-hydroxylation sites is 1. The van der Waals surface area contributed by atoms with Gasteiger partial charge in [-0.05, 0) is 86.5 Å². The van der Waals surface area contributed by atoms with Crippen LogP contribution >= 0.6 is 11.9 Å². The quantitative estimate of drug-likeness (QED) is 0.314. The first-order chi connectivity index (χ1) is 16.7. The van der Waals surface area contributed by atoms with Gasteiger partial charge in [-0.1, -0.05) is 24.6 Å². The fourth-order valence-corrected chi connectivity index (χ4v) is 6.10. The minimum atomic E-state index is 0.544. The summed E-state index contributed by atoms with van der Waals surface area (Å²) in [5.41, 5.74) is 2.74. The van der Waals surface area contributed by atoms with Crippen LogP contribution in [0, 0.1) is 0 Å². The van der Waals surface area contributed by atoms with E-state index >= 15 is 0 Å². The Morgan fingerprint density at radius 3 is 2.71 bits per heavy atom. The molecule has 2 unspecified atom stereocenters. The van der Waals surface area contributed by atoms with Crippen LogP contribution in [-0.2, 0) is 0 Å². The molecule has 2 heterocycles. The maximum absolute atomic E-state index is 5.99. The summed E-state index contributed by atoms with van der Waals surface area (Å²) in [6.45, 7) is 6.63. The van der Waals surface area contributed by atoms with Crippen molar-refractivity contribution in [1.82, 2.24) is 19.5 Å². The summed E-state index contributed by atoms with van der Waals surface area (Å²) in [5.74, 6) is 1.60. The fourth-order valence-electron chi connectivity index (χ4n) is 5.32. The van der Waals surface area contributed by atoms with Crippen molar-refractivity contribution in [3.8, 4) is 5.75 Å². The molecule has 0 spiro atoms. The number of ether oxygens (including phenoxy) is 1. The van der Waals surface area contributed by atoms with Crippen molar-refractivity contribution in [2.24, 2.45) is 0 Å². The van der Waals surface area contributed by atoms with Gasteiger partial charge in [0.25, 0.3) is 0 Å². The van der Waals surface area contributed by atoms with Gasteiger partial charge in [0.1, 0.15) is 5.75 Å². The first-order valence-corrected chi connectivity index (χ1v) is 13.7. The molecule has 2 aliphatic rings. The van der Waals surface area contributed by atoms with E-state index in [4.69, 9.17) is 4.74 Å². The fraction of sp³-hybridized carbons (Fsp3) is 0.500. The van der Waals surface area contributed by atoms with Crippen LogP contribution in [0.3, 0.4) is 0 Å². The highest BCUT2D eigenvalue weighted by molar-refractivity contribution is 7.97.